The molecule has 0 aliphatic heterocycles. The second kappa shape index (κ2) is 6.79. The van der Waals surface area contributed by atoms with Crippen molar-refractivity contribution in [2.24, 2.45) is 4.99 Å². The predicted octanol–water partition coefficient (Wildman–Crippen LogP) is 2.71. The molecule has 0 aliphatic carbocycles. The molecule has 0 fully saturated rings. The van der Waals surface area contributed by atoms with E-state index in [-0.39, 0.29) is 6.42 Å². The van der Waals surface area contributed by atoms with Gasteiger partial charge in [0.2, 0.25) is 0 Å². The van der Waals surface area contributed by atoms with Crippen LogP contribution in [0.2, 0.25) is 0 Å². The van der Waals surface area contributed by atoms with Gasteiger partial charge in [-0.15, -0.1) is 0 Å². The molecule has 4 heteroatoms. The van der Waals surface area contributed by atoms with Crippen molar-refractivity contribution < 1.29 is 9.90 Å². The molecule has 0 atom stereocenters. The van der Waals surface area contributed by atoms with E-state index < -0.39 is 5.97 Å². The van der Waals surface area contributed by atoms with Crippen LogP contribution in [0.3, 0.4) is 0 Å². The summed E-state index contributed by atoms with van der Waals surface area (Å²) in [4.78, 5) is 16.8. The van der Waals surface area contributed by atoms with E-state index in [1.54, 1.807) is 0 Å². The summed E-state index contributed by atoms with van der Waals surface area (Å²) < 4.78 is 0. The Kier molecular flexibility index (Phi) is 5.36. The van der Waals surface area contributed by atoms with Gasteiger partial charge in [0.15, 0.2) is 0 Å². The van der Waals surface area contributed by atoms with Crippen molar-refractivity contribution in [3.63, 3.8) is 0 Å². The average molecular weight is 248 g/mol. The fourth-order valence-electron chi connectivity index (χ4n) is 1.47. The molecule has 1 aromatic carbocycles. The van der Waals surface area contributed by atoms with Crippen LogP contribution in [0.1, 0.15) is 25.3 Å². The summed E-state index contributed by atoms with van der Waals surface area (Å²) in [7, 11) is 3.91. The monoisotopic (exact) mass is 248 g/mol. The molecule has 4 nitrogen and oxygen atoms in total. The number of aliphatic imine (C=N–C) groups is 1. The van der Waals surface area contributed by atoms with Gasteiger partial charge in [0.1, 0.15) is 5.84 Å². The van der Waals surface area contributed by atoms with Gasteiger partial charge in [0.05, 0.1) is 5.69 Å². The Morgan fingerprint density at radius 2 is 1.89 bits per heavy atom. The van der Waals surface area contributed by atoms with Crippen molar-refractivity contribution in [2.45, 2.75) is 26.2 Å². The van der Waals surface area contributed by atoms with Gasteiger partial charge < -0.3 is 10.0 Å². The van der Waals surface area contributed by atoms with E-state index in [9.17, 15) is 4.79 Å². The van der Waals surface area contributed by atoms with Crippen LogP contribution in [0.5, 0.6) is 0 Å². The van der Waals surface area contributed by atoms with Gasteiger partial charge in [-0.3, -0.25) is 4.79 Å². The van der Waals surface area contributed by atoms with Gasteiger partial charge in [-0.05, 0) is 37.5 Å². The lowest BCUT2D eigenvalue weighted by Gasteiger charge is -2.10. The number of carbonyl (C=O) groups is 1. The largest absolute Gasteiger partial charge is 0.481 e. The number of amidine groups is 1. The molecule has 1 aromatic rings. The van der Waals surface area contributed by atoms with Crippen molar-refractivity contribution in [1.29, 1.82) is 0 Å². The van der Waals surface area contributed by atoms with E-state index in [0.717, 1.165) is 23.5 Å². The first-order chi connectivity index (χ1) is 8.49. The maximum atomic E-state index is 10.4. The van der Waals surface area contributed by atoms with Crippen molar-refractivity contribution in [3.8, 4) is 0 Å². The Labute approximate surface area is 108 Å². The third-order valence-electron chi connectivity index (χ3n) is 2.73. The zero-order chi connectivity index (χ0) is 13.5. The molecular weight excluding hydrogens is 228 g/mol. The van der Waals surface area contributed by atoms with Gasteiger partial charge >= 0.3 is 5.97 Å². The second-order valence-corrected chi connectivity index (χ2v) is 4.47. The molecule has 1 N–H and O–H groups in total. The maximum absolute atomic E-state index is 10.4. The van der Waals surface area contributed by atoms with Gasteiger partial charge in [0, 0.05) is 20.5 Å². The molecule has 18 heavy (non-hydrogen) atoms. The van der Waals surface area contributed by atoms with Crippen LogP contribution in [-0.2, 0) is 11.2 Å². The summed E-state index contributed by atoms with van der Waals surface area (Å²) in [5.41, 5.74) is 2.07. The molecule has 0 spiro atoms. The third kappa shape index (κ3) is 4.99. The first kappa shape index (κ1) is 14.2. The lowest BCUT2D eigenvalue weighted by Crippen LogP contribution is -2.17. The molecule has 98 valence electrons. The van der Waals surface area contributed by atoms with Crippen LogP contribution in [-0.4, -0.2) is 35.9 Å². The van der Waals surface area contributed by atoms with Gasteiger partial charge in [-0.2, -0.15) is 0 Å². The summed E-state index contributed by atoms with van der Waals surface area (Å²) in [5, 5.41) is 8.56. The molecule has 0 amide bonds. The Hall–Kier alpha value is -1.84. The van der Waals surface area contributed by atoms with E-state index in [1.165, 1.54) is 0 Å². The zero-order valence-electron chi connectivity index (χ0n) is 11.2. The Balaban J connectivity index is 2.57. The van der Waals surface area contributed by atoms with Crippen LogP contribution >= 0.6 is 0 Å². The van der Waals surface area contributed by atoms with Crippen molar-refractivity contribution >= 4 is 17.5 Å². The first-order valence-corrected chi connectivity index (χ1v) is 6.02. The third-order valence-corrected chi connectivity index (χ3v) is 2.73. The average Bonchev–Trinajstić information content (AvgIpc) is 2.30. The highest BCUT2D eigenvalue weighted by Gasteiger charge is 1.99. The number of hydrogen-bond acceptors (Lipinski definition) is 2. The maximum Gasteiger partial charge on any atom is 0.303 e. The number of nitrogens with zero attached hydrogens (tertiary/aromatic N) is 2. The summed E-state index contributed by atoms with van der Waals surface area (Å²) in [5.74, 6) is 0.214. The molecule has 1 rings (SSSR count). The van der Waals surface area contributed by atoms with Crippen LogP contribution in [0.15, 0.2) is 29.3 Å². The highest BCUT2D eigenvalue weighted by molar-refractivity contribution is 5.81. The van der Waals surface area contributed by atoms with Crippen molar-refractivity contribution in [1.82, 2.24) is 4.90 Å². The van der Waals surface area contributed by atoms with Crippen LogP contribution in [0, 0.1) is 0 Å². The lowest BCUT2D eigenvalue weighted by atomic mass is 10.1. The minimum absolute atomic E-state index is 0.222. The summed E-state index contributed by atoms with van der Waals surface area (Å²) in [6.45, 7) is 1.96. The summed E-state index contributed by atoms with van der Waals surface area (Å²) in [6, 6.07) is 7.93. The smallest absolute Gasteiger partial charge is 0.303 e. The van der Waals surface area contributed by atoms with Gasteiger partial charge in [0.25, 0.3) is 0 Å². The number of rotatable bonds is 5. The number of aliphatic carboxylic acids is 1. The number of hydrogen-bond donors (Lipinski definition) is 1. The summed E-state index contributed by atoms with van der Waals surface area (Å²) in [6.07, 6.45) is 1.69. The first-order valence-electron chi connectivity index (χ1n) is 6.02. The van der Waals surface area contributed by atoms with E-state index in [4.69, 9.17) is 5.11 Å². The molecule has 0 unspecified atom stereocenters. The molecule has 0 bridgehead atoms. The van der Waals surface area contributed by atoms with Crippen LogP contribution in [0.4, 0.5) is 5.69 Å². The minimum Gasteiger partial charge on any atom is -0.481 e. The van der Waals surface area contributed by atoms with Crippen LogP contribution in [0.25, 0.3) is 0 Å². The topological polar surface area (TPSA) is 52.9 Å². The zero-order valence-corrected chi connectivity index (χ0v) is 11.2. The standard InChI is InChI=1S/C14H20N2O2/c1-11(16(2)3)15-13-9-7-12(8-10-13)5-4-6-14(17)18/h7-10H,4-6H2,1-3H3,(H,17,18). The van der Waals surface area contributed by atoms with Gasteiger partial charge in [-0.1, -0.05) is 12.1 Å². The van der Waals surface area contributed by atoms with Crippen molar-refractivity contribution in [3.05, 3.63) is 29.8 Å². The SMILES string of the molecule is CC(=Nc1ccc(CCCC(=O)O)cc1)N(C)C. The fraction of sp³-hybridized carbons (Fsp3) is 0.429. The molecule has 0 aliphatic rings. The van der Waals surface area contributed by atoms with E-state index >= 15 is 0 Å². The highest BCUT2D eigenvalue weighted by atomic mass is 16.4. The number of aryl methyl sites for hydroxylation is 1. The quantitative estimate of drug-likeness (QED) is 0.644. The molecular formula is C14H20N2O2. The van der Waals surface area contributed by atoms with Crippen molar-refractivity contribution in [2.75, 3.05) is 14.1 Å². The van der Waals surface area contributed by atoms with E-state index in [0.29, 0.717) is 6.42 Å². The Morgan fingerprint density at radius 3 is 2.39 bits per heavy atom. The van der Waals surface area contributed by atoms with E-state index in [1.807, 2.05) is 50.2 Å². The molecule has 0 aromatic heterocycles. The Bertz CT molecular complexity index is 422. The predicted molar refractivity (Wildman–Crippen MR) is 73.5 cm³/mol. The normalized spacial score (nSPS) is 11.4. The molecule has 0 radical (unpaired) electrons. The van der Waals surface area contributed by atoms with Gasteiger partial charge in [-0.25, -0.2) is 4.99 Å². The number of carboxylic acids is 1. The number of benzene rings is 1. The fourth-order valence-corrected chi connectivity index (χ4v) is 1.47. The van der Waals surface area contributed by atoms with E-state index in [2.05, 4.69) is 4.99 Å². The number of carboxylic acid groups (broad SMARTS) is 1. The lowest BCUT2D eigenvalue weighted by molar-refractivity contribution is -0.137. The molecule has 0 saturated carbocycles. The molecule has 0 heterocycles. The minimum atomic E-state index is -0.738. The Morgan fingerprint density at radius 1 is 1.28 bits per heavy atom. The van der Waals surface area contributed by atoms with Crippen LogP contribution < -0.4 is 0 Å². The highest BCUT2D eigenvalue weighted by Crippen LogP contribution is 2.15. The molecule has 0 saturated heterocycles. The second-order valence-electron chi connectivity index (χ2n) is 4.47. The summed E-state index contributed by atoms with van der Waals surface area (Å²) >= 11 is 0.